The molecule has 0 radical (unpaired) electrons. The molecule has 0 atom stereocenters. The van der Waals surface area contributed by atoms with E-state index in [-0.39, 0.29) is 0 Å². The number of hydrogen-bond acceptors (Lipinski definition) is 6. The van der Waals surface area contributed by atoms with Gasteiger partial charge in [0.15, 0.2) is 11.5 Å². The Bertz CT molecular complexity index is 854. The molecule has 0 spiro atoms. The number of aromatic amines is 1. The molecular formula is C18H17ClN4O2S. The SMILES string of the molecule is COc1cc(/C=N/c2ncn[nH]2)ccc1OCCSc1ccc(Cl)cc1. The lowest BCUT2D eigenvalue weighted by Gasteiger charge is -2.11. The minimum atomic E-state index is 0.448. The van der Waals surface area contributed by atoms with E-state index >= 15 is 0 Å². The molecule has 8 heteroatoms. The Morgan fingerprint density at radius 3 is 2.77 bits per heavy atom. The fraction of sp³-hybridized carbons (Fsp3) is 0.167. The quantitative estimate of drug-likeness (QED) is 0.352. The molecule has 1 aromatic heterocycles. The first kappa shape index (κ1) is 18.3. The van der Waals surface area contributed by atoms with E-state index < -0.39 is 0 Å². The molecule has 0 aliphatic heterocycles. The average molecular weight is 389 g/mol. The Labute approximate surface area is 160 Å². The normalized spacial score (nSPS) is 11.0. The van der Waals surface area contributed by atoms with Crippen molar-refractivity contribution in [3.8, 4) is 11.5 Å². The Balaban J connectivity index is 1.54. The van der Waals surface area contributed by atoms with Crippen molar-refractivity contribution < 1.29 is 9.47 Å². The van der Waals surface area contributed by atoms with Crippen molar-refractivity contribution in [2.45, 2.75) is 4.90 Å². The highest BCUT2D eigenvalue weighted by Gasteiger charge is 2.05. The molecule has 0 aliphatic rings. The Kier molecular flexibility index (Phi) is 6.51. The maximum Gasteiger partial charge on any atom is 0.245 e. The van der Waals surface area contributed by atoms with E-state index in [9.17, 15) is 0 Å². The number of thioether (sulfide) groups is 1. The van der Waals surface area contributed by atoms with Crippen LogP contribution in [0.5, 0.6) is 11.5 Å². The van der Waals surface area contributed by atoms with Crippen LogP contribution in [-0.4, -0.2) is 40.9 Å². The van der Waals surface area contributed by atoms with E-state index in [4.69, 9.17) is 21.1 Å². The molecule has 0 aliphatic carbocycles. The number of H-pyrrole nitrogens is 1. The smallest absolute Gasteiger partial charge is 0.245 e. The molecule has 26 heavy (non-hydrogen) atoms. The van der Waals surface area contributed by atoms with Gasteiger partial charge in [-0.15, -0.1) is 11.8 Å². The zero-order valence-electron chi connectivity index (χ0n) is 14.1. The van der Waals surface area contributed by atoms with Gasteiger partial charge in [0.2, 0.25) is 5.95 Å². The summed E-state index contributed by atoms with van der Waals surface area (Å²) in [6.07, 6.45) is 3.09. The summed E-state index contributed by atoms with van der Waals surface area (Å²) in [5.41, 5.74) is 0.876. The summed E-state index contributed by atoms with van der Waals surface area (Å²) >= 11 is 7.59. The highest BCUT2D eigenvalue weighted by atomic mass is 35.5. The number of aromatic nitrogens is 3. The first-order valence-electron chi connectivity index (χ1n) is 7.83. The summed E-state index contributed by atoms with van der Waals surface area (Å²) in [5.74, 6) is 2.62. The van der Waals surface area contributed by atoms with Crippen LogP contribution in [0.4, 0.5) is 5.95 Å². The highest BCUT2D eigenvalue weighted by Crippen LogP contribution is 2.28. The van der Waals surface area contributed by atoms with E-state index in [1.54, 1.807) is 25.1 Å². The van der Waals surface area contributed by atoms with Crippen molar-refractivity contribution in [2.75, 3.05) is 19.5 Å². The van der Waals surface area contributed by atoms with Crippen molar-refractivity contribution in [1.82, 2.24) is 15.2 Å². The zero-order valence-corrected chi connectivity index (χ0v) is 15.6. The third kappa shape index (κ3) is 5.24. The predicted molar refractivity (Wildman–Crippen MR) is 104 cm³/mol. The number of hydrogen-bond donors (Lipinski definition) is 1. The second-order valence-corrected chi connectivity index (χ2v) is 6.73. The monoisotopic (exact) mass is 388 g/mol. The second kappa shape index (κ2) is 9.26. The Morgan fingerprint density at radius 2 is 2.04 bits per heavy atom. The molecule has 3 rings (SSSR count). The van der Waals surface area contributed by atoms with Crippen LogP contribution in [0, 0.1) is 0 Å². The first-order valence-corrected chi connectivity index (χ1v) is 9.19. The molecule has 0 unspecified atom stereocenters. The van der Waals surface area contributed by atoms with Crippen LogP contribution in [0.15, 0.2) is 58.7 Å². The predicted octanol–water partition coefficient (Wildman–Crippen LogP) is 4.39. The maximum absolute atomic E-state index is 5.89. The van der Waals surface area contributed by atoms with Crippen LogP contribution < -0.4 is 9.47 Å². The molecule has 1 heterocycles. The number of nitrogens with one attached hydrogen (secondary N) is 1. The number of methoxy groups -OCH3 is 1. The second-order valence-electron chi connectivity index (χ2n) is 5.13. The summed E-state index contributed by atoms with van der Waals surface area (Å²) in [5, 5.41) is 7.16. The number of ether oxygens (including phenoxy) is 2. The van der Waals surface area contributed by atoms with E-state index in [1.165, 1.54) is 6.33 Å². The maximum atomic E-state index is 5.89. The number of aliphatic imine (C=N–C) groups is 1. The van der Waals surface area contributed by atoms with Gasteiger partial charge < -0.3 is 9.47 Å². The Hall–Kier alpha value is -2.51. The summed E-state index contributed by atoms with van der Waals surface area (Å²) < 4.78 is 11.2. The van der Waals surface area contributed by atoms with Gasteiger partial charge in [0.05, 0.1) is 13.7 Å². The fourth-order valence-corrected chi connectivity index (χ4v) is 2.98. The summed E-state index contributed by atoms with van der Waals surface area (Å²) in [7, 11) is 1.61. The molecule has 1 N–H and O–H groups in total. The largest absolute Gasteiger partial charge is 0.493 e. The highest BCUT2D eigenvalue weighted by molar-refractivity contribution is 7.99. The molecular weight excluding hydrogens is 372 g/mol. The van der Waals surface area contributed by atoms with Gasteiger partial charge in [-0.2, -0.15) is 10.1 Å². The van der Waals surface area contributed by atoms with Gasteiger partial charge >= 0.3 is 0 Å². The van der Waals surface area contributed by atoms with E-state index in [0.29, 0.717) is 24.1 Å². The molecule has 0 saturated heterocycles. The van der Waals surface area contributed by atoms with Crippen LogP contribution in [-0.2, 0) is 0 Å². The third-order valence-electron chi connectivity index (χ3n) is 3.35. The molecule has 2 aromatic carbocycles. The van der Waals surface area contributed by atoms with Gasteiger partial charge in [-0.05, 0) is 48.0 Å². The lowest BCUT2D eigenvalue weighted by atomic mass is 10.2. The number of halogens is 1. The molecule has 0 amide bonds. The standard InChI is InChI=1S/C18H17ClN4O2S/c1-24-17-10-13(11-20-18-21-12-22-23-18)2-7-16(17)25-8-9-26-15-5-3-14(19)4-6-15/h2-7,10-12H,8-9H2,1H3,(H,21,22,23)/b20-11+. The van der Waals surface area contributed by atoms with Gasteiger partial charge in [0.1, 0.15) is 6.33 Å². The van der Waals surface area contributed by atoms with Gasteiger partial charge in [-0.25, -0.2) is 10.1 Å². The van der Waals surface area contributed by atoms with Gasteiger partial charge in [0, 0.05) is 21.9 Å². The van der Waals surface area contributed by atoms with Crippen molar-refractivity contribution >= 4 is 35.5 Å². The van der Waals surface area contributed by atoms with Crippen LogP contribution >= 0.6 is 23.4 Å². The molecule has 6 nitrogen and oxygen atoms in total. The van der Waals surface area contributed by atoms with Gasteiger partial charge in [-0.1, -0.05) is 11.6 Å². The van der Waals surface area contributed by atoms with Crippen molar-refractivity contribution in [3.63, 3.8) is 0 Å². The number of rotatable bonds is 8. The van der Waals surface area contributed by atoms with E-state index in [0.717, 1.165) is 21.2 Å². The lowest BCUT2D eigenvalue weighted by Crippen LogP contribution is -2.02. The summed E-state index contributed by atoms with van der Waals surface area (Å²) in [6.45, 7) is 0.565. The third-order valence-corrected chi connectivity index (χ3v) is 4.58. The van der Waals surface area contributed by atoms with E-state index in [2.05, 4.69) is 20.2 Å². The van der Waals surface area contributed by atoms with Gasteiger partial charge in [0.25, 0.3) is 0 Å². The van der Waals surface area contributed by atoms with Crippen LogP contribution in [0.2, 0.25) is 5.02 Å². The zero-order chi connectivity index (χ0) is 18.2. The van der Waals surface area contributed by atoms with Crippen LogP contribution in [0.25, 0.3) is 0 Å². The molecule has 0 bridgehead atoms. The lowest BCUT2D eigenvalue weighted by molar-refractivity contribution is 0.313. The molecule has 3 aromatic rings. The number of benzene rings is 2. The minimum Gasteiger partial charge on any atom is -0.493 e. The van der Waals surface area contributed by atoms with Gasteiger partial charge in [-0.3, -0.25) is 0 Å². The first-order chi connectivity index (χ1) is 12.7. The summed E-state index contributed by atoms with van der Waals surface area (Å²) in [6, 6.07) is 13.4. The van der Waals surface area contributed by atoms with Crippen molar-refractivity contribution in [1.29, 1.82) is 0 Å². The van der Waals surface area contributed by atoms with Crippen LogP contribution in [0.1, 0.15) is 5.56 Å². The van der Waals surface area contributed by atoms with E-state index in [1.807, 2.05) is 42.5 Å². The Morgan fingerprint density at radius 1 is 1.19 bits per heavy atom. The van der Waals surface area contributed by atoms with Crippen molar-refractivity contribution in [3.05, 3.63) is 59.4 Å². The molecule has 0 saturated carbocycles. The average Bonchev–Trinajstić information content (AvgIpc) is 3.19. The van der Waals surface area contributed by atoms with Crippen LogP contribution in [0.3, 0.4) is 0 Å². The number of nitrogens with zero attached hydrogens (tertiary/aromatic N) is 3. The molecule has 134 valence electrons. The fourth-order valence-electron chi connectivity index (χ4n) is 2.12. The topological polar surface area (TPSA) is 72.4 Å². The molecule has 0 fully saturated rings. The van der Waals surface area contributed by atoms with Crippen molar-refractivity contribution in [2.24, 2.45) is 4.99 Å². The summed E-state index contributed by atoms with van der Waals surface area (Å²) in [4.78, 5) is 9.29. The minimum absolute atomic E-state index is 0.448.